The zero-order valence-electron chi connectivity index (χ0n) is 25.4. The van der Waals surface area contributed by atoms with E-state index in [0.717, 1.165) is 52.8 Å². The van der Waals surface area contributed by atoms with Gasteiger partial charge in [-0.05, 0) is 73.1 Å². The molecule has 1 fully saturated rings. The molecule has 6 rings (SSSR count). The molecule has 0 radical (unpaired) electrons. The van der Waals surface area contributed by atoms with E-state index >= 15 is 0 Å². The molecule has 1 saturated heterocycles. The molecular formula is C34H34N6O7. The summed E-state index contributed by atoms with van der Waals surface area (Å²) in [5, 5.41) is 25.1. The normalized spacial score (nSPS) is 13.0. The maximum atomic E-state index is 12.8. The molecule has 0 unspecified atom stereocenters. The van der Waals surface area contributed by atoms with Gasteiger partial charge in [-0.25, -0.2) is 9.59 Å². The Kier molecular flexibility index (Phi) is 10.6. The number of anilines is 1. The van der Waals surface area contributed by atoms with Gasteiger partial charge in [0.2, 0.25) is 11.8 Å². The van der Waals surface area contributed by atoms with Gasteiger partial charge >= 0.3 is 11.9 Å². The molecule has 1 aliphatic heterocycles. The minimum atomic E-state index is -1.26. The number of hydrogen-bond acceptors (Lipinski definition) is 9. The second-order valence-electron chi connectivity index (χ2n) is 10.6. The lowest BCUT2D eigenvalue weighted by atomic mass is 10.1. The van der Waals surface area contributed by atoms with E-state index in [2.05, 4.69) is 32.2 Å². The highest BCUT2D eigenvalue weighted by Crippen LogP contribution is 2.27. The first-order chi connectivity index (χ1) is 22.8. The number of ether oxygens (including phenoxy) is 1. The van der Waals surface area contributed by atoms with E-state index in [4.69, 9.17) is 25.1 Å². The van der Waals surface area contributed by atoms with Crippen LogP contribution in [0.4, 0.5) is 5.69 Å². The largest absolute Gasteiger partial charge is 0.484 e. The third-order valence-corrected chi connectivity index (χ3v) is 7.44. The monoisotopic (exact) mass is 638 g/mol. The summed E-state index contributed by atoms with van der Waals surface area (Å²) < 4.78 is 11.7. The van der Waals surface area contributed by atoms with Crippen molar-refractivity contribution in [3.05, 3.63) is 96.7 Å². The molecule has 47 heavy (non-hydrogen) atoms. The van der Waals surface area contributed by atoms with Gasteiger partial charge < -0.3 is 39.9 Å². The van der Waals surface area contributed by atoms with Gasteiger partial charge in [-0.2, -0.15) is 0 Å². The van der Waals surface area contributed by atoms with Crippen LogP contribution in [0.15, 0.2) is 95.6 Å². The van der Waals surface area contributed by atoms with Crippen LogP contribution in [0.2, 0.25) is 0 Å². The molecule has 2 aromatic heterocycles. The van der Waals surface area contributed by atoms with E-state index in [1.54, 1.807) is 0 Å². The summed E-state index contributed by atoms with van der Waals surface area (Å²) in [6.45, 7) is 3.40. The number of aromatic amines is 1. The van der Waals surface area contributed by atoms with Gasteiger partial charge in [-0.15, -0.1) is 10.2 Å². The maximum Gasteiger partial charge on any atom is 0.328 e. The van der Waals surface area contributed by atoms with Crippen molar-refractivity contribution in [2.24, 2.45) is 5.73 Å². The molecule has 0 aliphatic carbocycles. The average Bonchev–Trinajstić information content (AvgIpc) is 3.75. The van der Waals surface area contributed by atoms with E-state index in [1.165, 1.54) is 0 Å². The van der Waals surface area contributed by atoms with Crippen molar-refractivity contribution in [3.8, 4) is 28.7 Å². The quantitative estimate of drug-likeness (QED) is 0.163. The van der Waals surface area contributed by atoms with Gasteiger partial charge in [0.25, 0.3) is 5.91 Å². The molecule has 0 atom stereocenters. The fourth-order valence-electron chi connectivity index (χ4n) is 5.05. The summed E-state index contributed by atoms with van der Waals surface area (Å²) in [5.41, 5.74) is 10.8. The highest BCUT2D eigenvalue weighted by molar-refractivity contribution is 5.89. The number of carboxylic acids is 2. The number of fused-ring (bicyclic) bond motifs is 1. The van der Waals surface area contributed by atoms with Gasteiger partial charge in [-0.1, -0.05) is 18.2 Å². The molecule has 3 heterocycles. The number of benzene rings is 3. The first kappa shape index (κ1) is 32.4. The predicted octanol–water partition coefficient (Wildman–Crippen LogP) is 3.83. The zero-order chi connectivity index (χ0) is 33.2. The first-order valence-corrected chi connectivity index (χ1v) is 14.9. The van der Waals surface area contributed by atoms with Crippen LogP contribution in [0.3, 0.4) is 0 Å². The van der Waals surface area contributed by atoms with Crippen molar-refractivity contribution in [3.63, 3.8) is 0 Å². The SMILES string of the molecule is NCCc1c[nH]c2ccc(OCC(=O)N3CCN(c4ccc(-c5nnc(-c6ccccc6)o5)cc4)CC3)cc12.O=C(O)C=CC(=O)O. The Morgan fingerprint density at radius 1 is 0.872 bits per heavy atom. The molecule has 5 N–H and O–H groups in total. The standard InChI is InChI=1S/C30H30N6O3.C4H4O4/c31-13-12-23-19-32-27-11-10-25(18-26(23)27)38-20-28(37)36-16-14-35(15-17-36)24-8-6-22(7-9-24)30-34-33-29(39-30)21-4-2-1-3-5-21;5-3(6)1-2-4(7)8/h1-11,18-19,32H,12-17,20,31H2;1-2H,(H,5,6)(H,7,8). The summed E-state index contributed by atoms with van der Waals surface area (Å²) in [5.74, 6) is -0.848. The van der Waals surface area contributed by atoms with Gasteiger partial charge in [0, 0.05) is 72.2 Å². The third-order valence-electron chi connectivity index (χ3n) is 7.44. The molecule has 5 aromatic rings. The molecule has 13 heteroatoms. The average molecular weight is 639 g/mol. The van der Waals surface area contributed by atoms with Crippen LogP contribution in [-0.2, 0) is 20.8 Å². The van der Waals surface area contributed by atoms with Crippen molar-refractivity contribution in [2.45, 2.75) is 6.42 Å². The van der Waals surface area contributed by atoms with Crippen molar-refractivity contribution in [2.75, 3.05) is 44.2 Å². The minimum Gasteiger partial charge on any atom is -0.484 e. The van der Waals surface area contributed by atoms with Gasteiger partial charge in [0.15, 0.2) is 6.61 Å². The number of nitrogens with one attached hydrogen (secondary N) is 1. The Labute approximate surface area is 269 Å². The van der Waals surface area contributed by atoms with Gasteiger partial charge in [0.05, 0.1) is 0 Å². The van der Waals surface area contributed by atoms with Crippen molar-refractivity contribution >= 4 is 34.4 Å². The number of carbonyl (C=O) groups excluding carboxylic acids is 1. The van der Waals surface area contributed by atoms with E-state index in [1.807, 2.05) is 71.8 Å². The molecular weight excluding hydrogens is 604 g/mol. The van der Waals surface area contributed by atoms with Crippen LogP contribution in [0.1, 0.15) is 5.56 Å². The lowest BCUT2D eigenvalue weighted by Gasteiger charge is -2.36. The minimum absolute atomic E-state index is 0.00745. The highest BCUT2D eigenvalue weighted by atomic mass is 16.5. The summed E-state index contributed by atoms with van der Waals surface area (Å²) in [6, 6.07) is 23.6. The van der Waals surface area contributed by atoms with E-state index in [-0.39, 0.29) is 12.5 Å². The smallest absolute Gasteiger partial charge is 0.328 e. The lowest BCUT2D eigenvalue weighted by molar-refractivity contribution is -0.134. The number of nitrogens with two attached hydrogens (primary N) is 1. The van der Waals surface area contributed by atoms with Gasteiger partial charge in [0.1, 0.15) is 5.75 Å². The molecule has 0 bridgehead atoms. The molecule has 3 aromatic carbocycles. The van der Waals surface area contributed by atoms with Crippen LogP contribution < -0.4 is 15.4 Å². The zero-order valence-corrected chi connectivity index (χ0v) is 25.4. The molecule has 13 nitrogen and oxygen atoms in total. The molecule has 1 amide bonds. The Bertz CT molecular complexity index is 1830. The Hall–Kier alpha value is -5.95. The maximum absolute atomic E-state index is 12.8. The van der Waals surface area contributed by atoms with Crippen LogP contribution in [0, 0.1) is 0 Å². The number of hydrogen-bond donors (Lipinski definition) is 4. The van der Waals surface area contributed by atoms with Crippen molar-refractivity contribution in [1.29, 1.82) is 0 Å². The number of H-pyrrole nitrogens is 1. The van der Waals surface area contributed by atoms with Crippen LogP contribution in [0.25, 0.3) is 33.8 Å². The number of piperazine rings is 1. The number of aromatic nitrogens is 3. The topological polar surface area (TPSA) is 188 Å². The van der Waals surface area contributed by atoms with Gasteiger partial charge in [-0.3, -0.25) is 4.79 Å². The van der Waals surface area contributed by atoms with Crippen molar-refractivity contribution in [1.82, 2.24) is 20.1 Å². The van der Waals surface area contributed by atoms with Crippen LogP contribution in [0.5, 0.6) is 5.75 Å². The predicted molar refractivity (Wildman–Crippen MR) is 175 cm³/mol. The summed E-state index contributed by atoms with van der Waals surface area (Å²) in [6.07, 6.45) is 3.89. The number of aliphatic carboxylic acids is 2. The third kappa shape index (κ3) is 8.61. The second-order valence-corrected chi connectivity index (χ2v) is 10.6. The Balaban J connectivity index is 0.000000483. The Morgan fingerprint density at radius 2 is 1.51 bits per heavy atom. The summed E-state index contributed by atoms with van der Waals surface area (Å²) in [4.78, 5) is 39.3. The number of nitrogens with zero attached hydrogens (tertiary/aromatic N) is 4. The van der Waals surface area contributed by atoms with E-state index in [9.17, 15) is 14.4 Å². The molecule has 1 aliphatic rings. The van der Waals surface area contributed by atoms with E-state index < -0.39 is 11.9 Å². The number of amides is 1. The second kappa shape index (κ2) is 15.4. The molecule has 0 spiro atoms. The summed E-state index contributed by atoms with van der Waals surface area (Å²) >= 11 is 0. The highest BCUT2D eigenvalue weighted by Gasteiger charge is 2.22. The lowest BCUT2D eigenvalue weighted by Crippen LogP contribution is -2.50. The Morgan fingerprint density at radius 3 is 2.13 bits per heavy atom. The van der Waals surface area contributed by atoms with Crippen LogP contribution >= 0.6 is 0 Å². The number of carbonyl (C=O) groups is 3. The van der Waals surface area contributed by atoms with E-state index in [0.29, 0.717) is 49.3 Å². The fourth-order valence-corrected chi connectivity index (χ4v) is 5.05. The molecule has 242 valence electrons. The van der Waals surface area contributed by atoms with Crippen molar-refractivity contribution < 1.29 is 33.8 Å². The molecule has 0 saturated carbocycles. The number of carboxylic acid groups (broad SMARTS) is 2. The fraction of sp³-hybridized carbons (Fsp3) is 0.206. The first-order valence-electron chi connectivity index (χ1n) is 14.9. The summed E-state index contributed by atoms with van der Waals surface area (Å²) in [7, 11) is 0. The van der Waals surface area contributed by atoms with Crippen LogP contribution in [-0.4, -0.2) is 87.5 Å². The number of rotatable bonds is 10.